The predicted octanol–water partition coefficient (Wildman–Crippen LogP) is -0.623. The molecule has 6 nitrogen and oxygen atoms in total. The fourth-order valence-electron chi connectivity index (χ4n) is 1.62. The van der Waals surface area contributed by atoms with Crippen LogP contribution in [0.3, 0.4) is 0 Å². The molecule has 0 aromatic heterocycles. The minimum absolute atomic E-state index is 0.118. The van der Waals surface area contributed by atoms with Gasteiger partial charge < -0.3 is 15.3 Å². The van der Waals surface area contributed by atoms with Crippen LogP contribution in [0.5, 0.6) is 0 Å². The summed E-state index contributed by atoms with van der Waals surface area (Å²) >= 11 is 0. The van der Waals surface area contributed by atoms with E-state index in [1.165, 1.54) is 20.8 Å². The highest BCUT2D eigenvalue weighted by Gasteiger charge is 2.52. The van der Waals surface area contributed by atoms with Gasteiger partial charge in [0.15, 0.2) is 35.2 Å². The summed E-state index contributed by atoms with van der Waals surface area (Å²) in [5.74, 6) is -2.55. The molecule has 3 N–H and O–H groups in total. The van der Waals surface area contributed by atoms with Crippen LogP contribution in [0.4, 0.5) is 0 Å². The van der Waals surface area contributed by atoms with Gasteiger partial charge in [-0.2, -0.15) is 0 Å². The summed E-state index contributed by atoms with van der Waals surface area (Å²) in [4.78, 5) is 34.5. The molecule has 0 radical (unpaired) electrons. The molecule has 0 aliphatic carbocycles. The average molecular weight is 260 g/mol. The summed E-state index contributed by atoms with van der Waals surface area (Å²) < 4.78 is 0. The van der Waals surface area contributed by atoms with E-state index in [9.17, 15) is 29.7 Å². The summed E-state index contributed by atoms with van der Waals surface area (Å²) in [7, 11) is 0. The summed E-state index contributed by atoms with van der Waals surface area (Å²) in [5, 5.41) is 29.6. The number of hydrogen-bond donors (Lipinski definition) is 3. The maximum atomic E-state index is 11.7. The van der Waals surface area contributed by atoms with Crippen molar-refractivity contribution in [1.82, 2.24) is 0 Å². The number of carbonyl (C=O) groups is 3. The first-order valence-corrected chi connectivity index (χ1v) is 5.94. The zero-order valence-corrected chi connectivity index (χ0v) is 10.8. The lowest BCUT2D eigenvalue weighted by Gasteiger charge is -2.33. The number of Topliss-reactive ketones (excluding diaryl/α,β-unsaturated/α-hetero) is 3. The van der Waals surface area contributed by atoms with Crippen molar-refractivity contribution < 1.29 is 29.7 Å². The number of ketones is 3. The monoisotopic (exact) mass is 260 g/mol. The first-order valence-electron chi connectivity index (χ1n) is 5.94. The van der Waals surface area contributed by atoms with Crippen LogP contribution >= 0.6 is 0 Å². The van der Waals surface area contributed by atoms with E-state index in [-0.39, 0.29) is 19.3 Å². The van der Waals surface area contributed by atoms with Crippen LogP contribution in [0.15, 0.2) is 0 Å². The standard InChI is InChI=1S/C12H20O6/c1-4-7(13)10(16)12(18,9(15)6-3)11(17)8(14)5-2/h10-11,16-18H,4-6H2,1-3H3. The van der Waals surface area contributed by atoms with E-state index >= 15 is 0 Å². The van der Waals surface area contributed by atoms with Crippen LogP contribution in [0.1, 0.15) is 40.0 Å². The minimum atomic E-state index is -2.76. The fourth-order valence-corrected chi connectivity index (χ4v) is 1.62. The molecule has 0 aliphatic rings. The van der Waals surface area contributed by atoms with E-state index in [1.54, 1.807) is 0 Å². The Hall–Kier alpha value is -1.11. The average Bonchev–Trinajstić information content (AvgIpc) is 2.41. The van der Waals surface area contributed by atoms with Crippen molar-refractivity contribution in [2.75, 3.05) is 0 Å². The lowest BCUT2D eigenvalue weighted by molar-refractivity contribution is -0.181. The molecule has 6 heteroatoms. The SMILES string of the molecule is CCC(=O)C(O)C(O)(C(=O)CC)C(O)C(=O)CC. The topological polar surface area (TPSA) is 112 Å². The van der Waals surface area contributed by atoms with Gasteiger partial charge >= 0.3 is 0 Å². The largest absolute Gasteiger partial charge is 0.382 e. The van der Waals surface area contributed by atoms with Crippen LogP contribution in [-0.2, 0) is 14.4 Å². The van der Waals surface area contributed by atoms with Crippen LogP contribution in [-0.4, -0.2) is 50.5 Å². The summed E-state index contributed by atoms with van der Waals surface area (Å²) in [5.41, 5.74) is -2.76. The molecule has 0 aliphatic heterocycles. The Balaban J connectivity index is 5.50. The fraction of sp³-hybridized carbons (Fsp3) is 0.750. The Morgan fingerprint density at radius 2 is 1.22 bits per heavy atom. The Morgan fingerprint density at radius 3 is 1.44 bits per heavy atom. The molecule has 18 heavy (non-hydrogen) atoms. The second-order valence-electron chi connectivity index (χ2n) is 4.05. The third kappa shape index (κ3) is 3.01. The van der Waals surface area contributed by atoms with Gasteiger partial charge in [-0.25, -0.2) is 0 Å². The highest BCUT2D eigenvalue weighted by atomic mass is 16.4. The van der Waals surface area contributed by atoms with Crippen LogP contribution < -0.4 is 0 Å². The molecule has 2 unspecified atom stereocenters. The van der Waals surface area contributed by atoms with E-state index in [2.05, 4.69) is 0 Å². The van der Waals surface area contributed by atoms with Gasteiger partial charge in [0.2, 0.25) is 0 Å². The van der Waals surface area contributed by atoms with Crippen molar-refractivity contribution in [3.05, 3.63) is 0 Å². The van der Waals surface area contributed by atoms with Gasteiger partial charge in [-0.15, -0.1) is 0 Å². The van der Waals surface area contributed by atoms with E-state index in [0.717, 1.165) is 0 Å². The summed E-state index contributed by atoms with van der Waals surface area (Å²) in [6.07, 6.45) is -4.64. The Labute approximate surface area is 106 Å². The molecular weight excluding hydrogens is 240 g/mol. The van der Waals surface area contributed by atoms with Gasteiger partial charge in [-0.1, -0.05) is 20.8 Å². The van der Waals surface area contributed by atoms with Gasteiger partial charge in [0.05, 0.1) is 0 Å². The van der Waals surface area contributed by atoms with Crippen molar-refractivity contribution in [1.29, 1.82) is 0 Å². The molecule has 0 aromatic carbocycles. The maximum Gasteiger partial charge on any atom is 0.189 e. The molecule has 0 aromatic rings. The number of hydrogen-bond acceptors (Lipinski definition) is 6. The van der Waals surface area contributed by atoms with Gasteiger partial charge in [0, 0.05) is 19.3 Å². The molecule has 104 valence electrons. The molecule has 0 rings (SSSR count). The van der Waals surface area contributed by atoms with Crippen molar-refractivity contribution in [3.63, 3.8) is 0 Å². The number of rotatable bonds is 8. The molecule has 0 saturated heterocycles. The smallest absolute Gasteiger partial charge is 0.189 e. The van der Waals surface area contributed by atoms with Gasteiger partial charge in [-0.05, 0) is 0 Å². The van der Waals surface area contributed by atoms with Crippen LogP contribution in [0.25, 0.3) is 0 Å². The molecule has 0 spiro atoms. The summed E-state index contributed by atoms with van der Waals surface area (Å²) in [6.45, 7) is 4.28. The normalized spacial score (nSPS) is 17.7. The first kappa shape index (κ1) is 16.9. The number of aliphatic hydroxyl groups is 3. The molecular formula is C12H20O6. The van der Waals surface area contributed by atoms with E-state index in [1.807, 2.05) is 0 Å². The second kappa shape index (κ2) is 6.72. The van der Waals surface area contributed by atoms with E-state index in [0.29, 0.717) is 0 Å². The third-order valence-corrected chi connectivity index (χ3v) is 2.91. The maximum absolute atomic E-state index is 11.7. The Morgan fingerprint density at radius 1 is 0.889 bits per heavy atom. The molecule has 0 fully saturated rings. The Bertz CT molecular complexity index is 313. The quantitative estimate of drug-likeness (QED) is 0.536. The first-order chi connectivity index (χ1) is 8.27. The molecule has 2 atom stereocenters. The molecule has 0 amide bonds. The zero-order valence-electron chi connectivity index (χ0n) is 10.8. The zero-order chi connectivity index (χ0) is 14.5. The van der Waals surface area contributed by atoms with Crippen LogP contribution in [0.2, 0.25) is 0 Å². The third-order valence-electron chi connectivity index (χ3n) is 2.91. The molecule has 0 heterocycles. The van der Waals surface area contributed by atoms with Crippen molar-refractivity contribution >= 4 is 17.3 Å². The highest BCUT2D eigenvalue weighted by molar-refractivity contribution is 6.01. The van der Waals surface area contributed by atoms with Gasteiger partial charge in [0.1, 0.15) is 0 Å². The van der Waals surface area contributed by atoms with E-state index < -0.39 is 35.2 Å². The Kier molecular flexibility index (Phi) is 6.31. The van der Waals surface area contributed by atoms with Crippen molar-refractivity contribution in [3.8, 4) is 0 Å². The summed E-state index contributed by atoms with van der Waals surface area (Å²) in [6, 6.07) is 0. The van der Waals surface area contributed by atoms with Gasteiger partial charge in [0.25, 0.3) is 0 Å². The predicted molar refractivity (Wildman–Crippen MR) is 62.9 cm³/mol. The molecule has 0 saturated carbocycles. The number of carbonyl (C=O) groups excluding carboxylic acids is 3. The highest BCUT2D eigenvalue weighted by Crippen LogP contribution is 2.22. The van der Waals surface area contributed by atoms with Crippen molar-refractivity contribution in [2.24, 2.45) is 0 Å². The van der Waals surface area contributed by atoms with Crippen LogP contribution in [0, 0.1) is 0 Å². The van der Waals surface area contributed by atoms with Gasteiger partial charge in [-0.3, -0.25) is 14.4 Å². The lowest BCUT2D eigenvalue weighted by Crippen LogP contribution is -2.62. The lowest BCUT2D eigenvalue weighted by atomic mass is 9.80. The van der Waals surface area contributed by atoms with Crippen molar-refractivity contribution in [2.45, 2.75) is 57.8 Å². The number of aliphatic hydroxyl groups excluding tert-OH is 2. The minimum Gasteiger partial charge on any atom is -0.382 e. The second-order valence-corrected chi connectivity index (χ2v) is 4.05. The molecule has 0 bridgehead atoms. The van der Waals surface area contributed by atoms with E-state index in [4.69, 9.17) is 0 Å².